The average molecular weight is 393 g/mol. The number of nitrogens with one attached hydrogen (secondary N) is 1. The van der Waals surface area contributed by atoms with Crippen LogP contribution in [0.25, 0.3) is 0 Å². The lowest BCUT2D eigenvalue weighted by Crippen LogP contribution is -2.34. The lowest BCUT2D eigenvalue weighted by Gasteiger charge is -2.28. The maximum atomic E-state index is 12.6. The van der Waals surface area contributed by atoms with E-state index in [1.807, 2.05) is 38.1 Å². The van der Waals surface area contributed by atoms with Crippen LogP contribution in [0.2, 0.25) is 10.3 Å². The van der Waals surface area contributed by atoms with Gasteiger partial charge in [-0.25, -0.2) is 9.97 Å². The molecule has 0 spiro atoms. The summed E-state index contributed by atoms with van der Waals surface area (Å²) in [5.41, 5.74) is 2.05. The molecule has 1 aliphatic heterocycles. The highest BCUT2D eigenvalue weighted by molar-refractivity contribution is 6.30. The first-order valence-corrected chi connectivity index (χ1v) is 9.32. The topological polar surface area (TPSA) is 58.1 Å². The number of carbonyl (C=O) groups excluding carboxylic acids is 1. The number of aromatic nitrogens is 2. The zero-order valence-electron chi connectivity index (χ0n) is 15.3. The first-order valence-electron chi connectivity index (χ1n) is 8.56. The van der Waals surface area contributed by atoms with E-state index < -0.39 is 0 Å². The number of amides is 1. The number of carbonyl (C=O) groups is 1. The molecule has 0 fully saturated rings. The Morgan fingerprint density at radius 1 is 1.19 bits per heavy atom. The van der Waals surface area contributed by atoms with E-state index >= 15 is 0 Å². The molecule has 3 rings (SSSR count). The minimum atomic E-state index is -0.298. The lowest BCUT2D eigenvalue weighted by molar-refractivity contribution is 0.0726. The van der Waals surface area contributed by atoms with Crippen LogP contribution < -0.4 is 5.32 Å². The third-order valence-corrected chi connectivity index (χ3v) is 4.83. The number of benzene rings is 1. The van der Waals surface area contributed by atoms with Crippen LogP contribution >= 0.6 is 23.2 Å². The molecule has 2 aromatic rings. The number of nitrogens with zero attached hydrogens (tertiary/aromatic N) is 3. The van der Waals surface area contributed by atoms with Gasteiger partial charge in [0.1, 0.15) is 11.5 Å². The standard InChI is InChI=1S/C19H22Cl2N4O/c1-11(2)25-10-14-15(17(25)26)22-18(21)23-16(14)24-19(3,4)9-12-5-7-13(20)8-6-12/h5-8,11H,9-10H2,1-4H3,(H,22,23,24). The van der Waals surface area contributed by atoms with Crippen molar-refractivity contribution < 1.29 is 4.79 Å². The van der Waals surface area contributed by atoms with Gasteiger partial charge in [-0.15, -0.1) is 0 Å². The Balaban J connectivity index is 1.87. The van der Waals surface area contributed by atoms with E-state index in [1.165, 1.54) is 0 Å². The van der Waals surface area contributed by atoms with Crippen molar-refractivity contribution >= 4 is 34.9 Å². The fourth-order valence-corrected chi connectivity index (χ4v) is 3.45. The quantitative estimate of drug-likeness (QED) is 0.756. The number of hydrogen-bond acceptors (Lipinski definition) is 4. The predicted octanol–water partition coefficient (Wildman–Crippen LogP) is 4.58. The second-order valence-electron chi connectivity index (χ2n) is 7.51. The Kier molecular flexibility index (Phi) is 5.13. The molecule has 26 heavy (non-hydrogen) atoms. The zero-order chi connectivity index (χ0) is 19.1. The number of halogens is 2. The molecule has 1 amide bonds. The number of hydrogen-bond donors (Lipinski definition) is 1. The molecular weight excluding hydrogens is 371 g/mol. The van der Waals surface area contributed by atoms with E-state index in [9.17, 15) is 4.79 Å². The summed E-state index contributed by atoms with van der Waals surface area (Å²) in [6.07, 6.45) is 0.766. The van der Waals surface area contributed by atoms with Gasteiger partial charge in [-0.2, -0.15) is 0 Å². The largest absolute Gasteiger partial charge is 0.364 e. The zero-order valence-corrected chi connectivity index (χ0v) is 16.8. The summed E-state index contributed by atoms with van der Waals surface area (Å²) < 4.78 is 0. The van der Waals surface area contributed by atoms with E-state index in [1.54, 1.807) is 4.90 Å². The Morgan fingerprint density at radius 3 is 2.46 bits per heavy atom. The van der Waals surface area contributed by atoms with Crippen molar-refractivity contribution in [3.05, 3.63) is 51.4 Å². The maximum absolute atomic E-state index is 12.6. The summed E-state index contributed by atoms with van der Waals surface area (Å²) in [6, 6.07) is 7.86. The molecular formula is C19H22Cl2N4O. The van der Waals surface area contributed by atoms with Crippen LogP contribution in [0, 0.1) is 0 Å². The SMILES string of the molecule is CC(C)N1Cc2c(NC(C)(C)Cc3ccc(Cl)cc3)nc(Cl)nc2C1=O. The second-order valence-corrected chi connectivity index (χ2v) is 8.28. The van der Waals surface area contributed by atoms with Crippen LogP contribution in [0.5, 0.6) is 0 Å². The summed E-state index contributed by atoms with van der Waals surface area (Å²) in [5, 5.41) is 4.25. The van der Waals surface area contributed by atoms with Crippen molar-refractivity contribution in [1.82, 2.24) is 14.9 Å². The normalized spacial score (nSPS) is 14.1. The lowest BCUT2D eigenvalue weighted by atomic mass is 9.94. The molecule has 0 radical (unpaired) electrons. The van der Waals surface area contributed by atoms with Crippen molar-refractivity contribution in [2.75, 3.05) is 5.32 Å². The molecule has 1 aliphatic rings. The molecule has 7 heteroatoms. The van der Waals surface area contributed by atoms with Gasteiger partial charge in [0.25, 0.3) is 5.91 Å². The Labute approximate surface area is 163 Å². The molecule has 2 heterocycles. The van der Waals surface area contributed by atoms with Gasteiger partial charge in [-0.05, 0) is 63.4 Å². The fourth-order valence-electron chi connectivity index (χ4n) is 3.16. The molecule has 1 aromatic heterocycles. The van der Waals surface area contributed by atoms with E-state index in [2.05, 4.69) is 29.1 Å². The van der Waals surface area contributed by atoms with Gasteiger partial charge >= 0.3 is 0 Å². The fraction of sp³-hybridized carbons (Fsp3) is 0.421. The Bertz CT molecular complexity index is 834. The van der Waals surface area contributed by atoms with Gasteiger partial charge in [0.15, 0.2) is 0 Å². The van der Waals surface area contributed by atoms with Gasteiger partial charge in [0, 0.05) is 22.2 Å². The molecule has 0 unspecified atom stereocenters. The highest BCUT2D eigenvalue weighted by Crippen LogP contribution is 2.31. The Morgan fingerprint density at radius 2 is 1.85 bits per heavy atom. The highest BCUT2D eigenvalue weighted by Gasteiger charge is 2.35. The number of anilines is 1. The van der Waals surface area contributed by atoms with Crippen molar-refractivity contribution in [3.63, 3.8) is 0 Å². The number of fused-ring (bicyclic) bond motifs is 1. The smallest absolute Gasteiger partial charge is 0.273 e. The van der Waals surface area contributed by atoms with Crippen LogP contribution in [0.1, 0.15) is 49.3 Å². The van der Waals surface area contributed by atoms with Crippen LogP contribution in [-0.2, 0) is 13.0 Å². The molecule has 5 nitrogen and oxygen atoms in total. The third kappa shape index (κ3) is 3.94. The summed E-state index contributed by atoms with van der Waals surface area (Å²) in [5.74, 6) is 0.522. The van der Waals surface area contributed by atoms with E-state index in [4.69, 9.17) is 23.2 Å². The van der Waals surface area contributed by atoms with Gasteiger partial charge in [0.05, 0.1) is 6.54 Å². The van der Waals surface area contributed by atoms with Gasteiger partial charge in [-0.1, -0.05) is 23.7 Å². The van der Waals surface area contributed by atoms with E-state index in [0.717, 1.165) is 17.5 Å². The van der Waals surface area contributed by atoms with Crippen LogP contribution in [0.3, 0.4) is 0 Å². The maximum Gasteiger partial charge on any atom is 0.273 e. The summed E-state index contributed by atoms with van der Waals surface area (Å²) in [6.45, 7) is 8.62. The predicted molar refractivity (Wildman–Crippen MR) is 105 cm³/mol. The second kappa shape index (κ2) is 7.05. The summed E-state index contributed by atoms with van der Waals surface area (Å²) >= 11 is 12.0. The molecule has 0 atom stereocenters. The van der Waals surface area contributed by atoms with Crippen LogP contribution in [0.15, 0.2) is 24.3 Å². The molecule has 0 saturated heterocycles. The van der Waals surface area contributed by atoms with Gasteiger partial charge < -0.3 is 10.2 Å². The van der Waals surface area contributed by atoms with Gasteiger partial charge in [-0.3, -0.25) is 4.79 Å². The molecule has 1 aromatic carbocycles. The van der Waals surface area contributed by atoms with Crippen molar-refractivity contribution in [2.24, 2.45) is 0 Å². The third-order valence-electron chi connectivity index (χ3n) is 4.41. The average Bonchev–Trinajstić information content (AvgIpc) is 2.87. The van der Waals surface area contributed by atoms with Crippen LogP contribution in [-0.4, -0.2) is 32.4 Å². The first-order chi connectivity index (χ1) is 12.2. The van der Waals surface area contributed by atoms with Crippen molar-refractivity contribution in [1.29, 1.82) is 0 Å². The Hall–Kier alpha value is -1.85. The van der Waals surface area contributed by atoms with Crippen molar-refractivity contribution in [2.45, 2.75) is 52.2 Å². The van der Waals surface area contributed by atoms with Crippen molar-refractivity contribution in [3.8, 4) is 0 Å². The number of rotatable bonds is 5. The summed E-state index contributed by atoms with van der Waals surface area (Å²) in [7, 11) is 0. The van der Waals surface area contributed by atoms with E-state index in [0.29, 0.717) is 23.1 Å². The minimum Gasteiger partial charge on any atom is -0.364 e. The molecule has 0 bridgehead atoms. The minimum absolute atomic E-state index is 0.0764. The summed E-state index contributed by atoms with van der Waals surface area (Å²) in [4.78, 5) is 22.9. The molecule has 1 N–H and O–H groups in total. The van der Waals surface area contributed by atoms with E-state index in [-0.39, 0.29) is 22.8 Å². The molecule has 0 aliphatic carbocycles. The van der Waals surface area contributed by atoms with Crippen LogP contribution in [0.4, 0.5) is 5.82 Å². The molecule has 138 valence electrons. The monoisotopic (exact) mass is 392 g/mol. The molecule has 0 saturated carbocycles. The van der Waals surface area contributed by atoms with Gasteiger partial charge in [0.2, 0.25) is 5.28 Å². The first kappa shape index (κ1) is 18.9. The highest BCUT2D eigenvalue weighted by atomic mass is 35.5.